The summed E-state index contributed by atoms with van der Waals surface area (Å²) in [5.41, 5.74) is 0. The predicted octanol–water partition coefficient (Wildman–Crippen LogP) is 1.45. The van der Waals surface area contributed by atoms with E-state index in [-0.39, 0.29) is 0 Å². The van der Waals surface area contributed by atoms with Crippen molar-refractivity contribution < 1.29 is 5.32 Å². The molecule has 0 aromatic carbocycles. The largest absolute Gasteiger partial charge is 0.339 e. The first-order chi connectivity index (χ1) is 5.36. The summed E-state index contributed by atoms with van der Waals surface area (Å²) >= 11 is 1.95. The van der Waals surface area contributed by atoms with E-state index >= 15 is 0 Å². The molecule has 1 aromatic heterocycles. The van der Waals surface area contributed by atoms with Gasteiger partial charge in [-0.05, 0) is 19.1 Å². The molecular weight excluding hydrogens is 154 g/mol. The summed E-state index contributed by atoms with van der Waals surface area (Å²) in [6.45, 7) is 3.50. The van der Waals surface area contributed by atoms with E-state index in [0.29, 0.717) is 0 Å². The minimum Gasteiger partial charge on any atom is -0.339 e. The van der Waals surface area contributed by atoms with Crippen LogP contribution in [0.15, 0.2) is 12.1 Å². The Balaban J connectivity index is 2.15. The Morgan fingerprint density at radius 3 is 3.00 bits per heavy atom. The molecule has 1 fully saturated rings. The lowest BCUT2D eigenvalue weighted by Crippen LogP contribution is -2.81. The Morgan fingerprint density at radius 1 is 1.55 bits per heavy atom. The second kappa shape index (κ2) is 2.95. The van der Waals surface area contributed by atoms with Crippen molar-refractivity contribution in [2.75, 3.05) is 6.54 Å². The van der Waals surface area contributed by atoms with Gasteiger partial charge in [0.05, 0.1) is 11.4 Å². The highest BCUT2D eigenvalue weighted by atomic mass is 32.1. The fraction of sp³-hybridized carbons (Fsp3) is 0.556. The van der Waals surface area contributed by atoms with Gasteiger partial charge in [-0.2, -0.15) is 0 Å². The van der Waals surface area contributed by atoms with Gasteiger partial charge in [0.15, 0.2) is 0 Å². The molecule has 2 N–H and O–H groups in total. The highest BCUT2D eigenvalue weighted by molar-refractivity contribution is 7.11. The summed E-state index contributed by atoms with van der Waals surface area (Å²) in [6.07, 6.45) is 2.77. The molecule has 1 aliphatic heterocycles. The molecule has 11 heavy (non-hydrogen) atoms. The second-order valence-electron chi connectivity index (χ2n) is 3.22. The van der Waals surface area contributed by atoms with Gasteiger partial charge in [0.2, 0.25) is 0 Å². The van der Waals surface area contributed by atoms with E-state index in [4.69, 9.17) is 0 Å². The van der Waals surface area contributed by atoms with Gasteiger partial charge in [-0.3, -0.25) is 0 Å². The zero-order valence-corrected chi connectivity index (χ0v) is 7.66. The average Bonchev–Trinajstić information content (AvgIpc) is 2.55. The van der Waals surface area contributed by atoms with Crippen LogP contribution in [0.5, 0.6) is 0 Å². The SMILES string of the molecule is Cc1ccc([C@H]2CCC[NH2+]2)s1. The monoisotopic (exact) mass is 168 g/mol. The lowest BCUT2D eigenvalue weighted by Gasteiger charge is -2.01. The first-order valence-electron chi connectivity index (χ1n) is 4.26. The number of thiophene rings is 1. The number of aryl methyl sites for hydroxylation is 1. The molecule has 2 rings (SSSR count). The highest BCUT2D eigenvalue weighted by Crippen LogP contribution is 2.24. The van der Waals surface area contributed by atoms with E-state index < -0.39 is 0 Å². The van der Waals surface area contributed by atoms with Gasteiger partial charge in [-0.1, -0.05) is 0 Å². The molecule has 0 radical (unpaired) electrons. The summed E-state index contributed by atoms with van der Waals surface area (Å²) < 4.78 is 0. The van der Waals surface area contributed by atoms with Gasteiger partial charge >= 0.3 is 0 Å². The molecule has 2 heteroatoms. The zero-order valence-electron chi connectivity index (χ0n) is 6.84. The van der Waals surface area contributed by atoms with Gasteiger partial charge < -0.3 is 5.32 Å². The van der Waals surface area contributed by atoms with E-state index in [1.165, 1.54) is 24.3 Å². The molecule has 0 unspecified atom stereocenters. The van der Waals surface area contributed by atoms with Crippen molar-refractivity contribution in [3.8, 4) is 0 Å². The van der Waals surface area contributed by atoms with Gasteiger partial charge in [0.1, 0.15) is 6.04 Å². The molecule has 0 aliphatic carbocycles. The van der Waals surface area contributed by atoms with Crippen LogP contribution in [0.1, 0.15) is 28.6 Å². The van der Waals surface area contributed by atoms with Crippen LogP contribution in [0.4, 0.5) is 0 Å². The smallest absolute Gasteiger partial charge is 0.121 e. The maximum absolute atomic E-state index is 2.46. The molecule has 0 amide bonds. The summed E-state index contributed by atoms with van der Waals surface area (Å²) in [6, 6.07) is 5.30. The lowest BCUT2D eigenvalue weighted by molar-refractivity contribution is -0.675. The standard InChI is InChI=1S/C9H13NS/c1-7-4-5-9(11-7)8-3-2-6-10-8/h4-5,8,10H,2-3,6H2,1H3/p+1/t8-/m1/s1. The average molecular weight is 168 g/mol. The minimum atomic E-state index is 0.786. The molecule has 0 saturated carbocycles. The normalized spacial score (nSPS) is 24.3. The molecule has 1 atom stereocenters. The number of rotatable bonds is 1. The molecular formula is C9H14NS+. The Bertz CT molecular complexity index is 235. The van der Waals surface area contributed by atoms with Crippen molar-refractivity contribution >= 4 is 11.3 Å². The van der Waals surface area contributed by atoms with Crippen LogP contribution >= 0.6 is 11.3 Å². The number of nitrogens with two attached hydrogens (primary N) is 1. The molecule has 60 valence electrons. The van der Waals surface area contributed by atoms with Crippen LogP contribution in [-0.4, -0.2) is 6.54 Å². The summed E-state index contributed by atoms with van der Waals surface area (Å²) in [7, 11) is 0. The van der Waals surface area contributed by atoms with E-state index in [9.17, 15) is 0 Å². The third-order valence-electron chi connectivity index (χ3n) is 2.30. The van der Waals surface area contributed by atoms with Crippen molar-refractivity contribution in [2.45, 2.75) is 25.8 Å². The molecule has 2 heterocycles. The highest BCUT2D eigenvalue weighted by Gasteiger charge is 2.21. The van der Waals surface area contributed by atoms with E-state index in [1.54, 1.807) is 4.88 Å². The van der Waals surface area contributed by atoms with Crippen LogP contribution in [0.3, 0.4) is 0 Å². The fourth-order valence-corrected chi connectivity index (χ4v) is 2.70. The van der Waals surface area contributed by atoms with Crippen molar-refractivity contribution in [2.24, 2.45) is 0 Å². The number of hydrogen-bond acceptors (Lipinski definition) is 1. The predicted molar refractivity (Wildman–Crippen MR) is 47.8 cm³/mol. The summed E-state index contributed by atoms with van der Waals surface area (Å²) in [5, 5.41) is 2.46. The van der Waals surface area contributed by atoms with E-state index in [1.807, 2.05) is 11.3 Å². The van der Waals surface area contributed by atoms with Gasteiger partial charge in [0.25, 0.3) is 0 Å². The van der Waals surface area contributed by atoms with Crippen LogP contribution in [0, 0.1) is 6.92 Å². The first-order valence-corrected chi connectivity index (χ1v) is 5.07. The zero-order chi connectivity index (χ0) is 7.68. The molecule has 1 saturated heterocycles. The van der Waals surface area contributed by atoms with Crippen LogP contribution in [0.25, 0.3) is 0 Å². The first kappa shape index (κ1) is 7.32. The van der Waals surface area contributed by atoms with Gasteiger partial charge in [-0.15, -0.1) is 11.3 Å². The topological polar surface area (TPSA) is 16.6 Å². The molecule has 1 nitrogen and oxygen atoms in total. The minimum absolute atomic E-state index is 0.786. The lowest BCUT2D eigenvalue weighted by atomic mass is 10.2. The fourth-order valence-electron chi connectivity index (χ4n) is 1.69. The summed E-state index contributed by atoms with van der Waals surface area (Å²) in [5.74, 6) is 0. The van der Waals surface area contributed by atoms with E-state index in [2.05, 4.69) is 24.4 Å². The Morgan fingerprint density at radius 2 is 2.45 bits per heavy atom. The Hall–Kier alpha value is -0.340. The van der Waals surface area contributed by atoms with Crippen molar-refractivity contribution in [1.82, 2.24) is 0 Å². The van der Waals surface area contributed by atoms with Crippen molar-refractivity contribution in [3.05, 3.63) is 21.9 Å². The Kier molecular flexibility index (Phi) is 1.96. The third-order valence-corrected chi connectivity index (χ3v) is 3.43. The second-order valence-corrected chi connectivity index (χ2v) is 4.54. The van der Waals surface area contributed by atoms with Gasteiger partial charge in [0, 0.05) is 17.7 Å². The van der Waals surface area contributed by atoms with Crippen LogP contribution in [-0.2, 0) is 0 Å². The number of hydrogen-bond donors (Lipinski definition) is 1. The van der Waals surface area contributed by atoms with Crippen molar-refractivity contribution in [3.63, 3.8) is 0 Å². The van der Waals surface area contributed by atoms with E-state index in [0.717, 1.165) is 6.04 Å². The molecule has 1 aromatic rings. The quantitative estimate of drug-likeness (QED) is 0.653. The van der Waals surface area contributed by atoms with Crippen LogP contribution in [0.2, 0.25) is 0 Å². The molecule has 1 aliphatic rings. The van der Waals surface area contributed by atoms with Crippen LogP contribution < -0.4 is 5.32 Å². The maximum atomic E-state index is 2.46. The molecule has 0 spiro atoms. The number of quaternary nitrogens is 1. The van der Waals surface area contributed by atoms with Gasteiger partial charge in [-0.25, -0.2) is 0 Å². The van der Waals surface area contributed by atoms with Crippen molar-refractivity contribution in [1.29, 1.82) is 0 Å². The molecule has 0 bridgehead atoms. The third kappa shape index (κ3) is 1.47. The summed E-state index contributed by atoms with van der Waals surface area (Å²) in [4.78, 5) is 3.01. The Labute approximate surface area is 71.4 Å². The maximum Gasteiger partial charge on any atom is 0.121 e.